The molecular formula is C22H25N5O3S. The lowest BCUT2D eigenvalue weighted by atomic mass is 10.1. The molecule has 3 aromatic heterocycles. The van der Waals surface area contributed by atoms with Crippen LogP contribution in [-0.4, -0.2) is 50.8 Å². The molecule has 31 heavy (non-hydrogen) atoms. The maximum atomic E-state index is 13.2. The average Bonchev–Trinajstić information content (AvgIpc) is 2.82. The van der Waals surface area contributed by atoms with E-state index in [1.165, 1.54) is 0 Å². The molecule has 0 saturated carbocycles. The van der Waals surface area contributed by atoms with Crippen LogP contribution >= 0.6 is 0 Å². The first kappa shape index (κ1) is 21.3. The molecule has 162 valence electrons. The standard InChI is InChI=1S/C22H25N5O3S/c1-3-14-10-19-20(26-21(14)28)11-17(13-25-19)31(30)16-6-8-27(9-7-16)15-4-5-18(24-12-15)22(29)23-2/h4-5,10-13,16H,3,6-9H2,1-2H3,(H,23,29)(H,26,28)/t31-/m0/s1. The number of carbonyl (C=O) groups excluding carboxylic acids is 1. The average molecular weight is 440 g/mol. The highest BCUT2D eigenvalue weighted by molar-refractivity contribution is 7.92. The zero-order valence-electron chi connectivity index (χ0n) is 17.6. The number of hydrogen-bond donors (Lipinski definition) is 2. The highest BCUT2D eigenvalue weighted by Crippen LogP contribution is 2.28. The van der Waals surface area contributed by atoms with Crippen LogP contribution in [0, 0.1) is 0 Å². The number of H-pyrrole nitrogens is 1. The molecule has 0 radical (unpaired) electrons. The van der Waals surface area contributed by atoms with Gasteiger partial charge in [0.05, 0.1) is 29.1 Å². The monoisotopic (exact) mass is 439 g/mol. The summed E-state index contributed by atoms with van der Waals surface area (Å²) in [6.07, 6.45) is 5.55. The van der Waals surface area contributed by atoms with Gasteiger partial charge in [-0.2, -0.15) is 0 Å². The molecule has 1 atom stereocenters. The Bertz CT molecular complexity index is 1140. The molecule has 0 aliphatic carbocycles. The fourth-order valence-electron chi connectivity index (χ4n) is 3.83. The number of piperidine rings is 1. The summed E-state index contributed by atoms with van der Waals surface area (Å²) in [6.45, 7) is 3.45. The van der Waals surface area contributed by atoms with Crippen molar-refractivity contribution in [2.24, 2.45) is 0 Å². The van der Waals surface area contributed by atoms with E-state index in [4.69, 9.17) is 0 Å². The number of nitrogens with zero attached hydrogens (tertiary/aromatic N) is 3. The smallest absolute Gasteiger partial charge is 0.269 e. The van der Waals surface area contributed by atoms with Gasteiger partial charge in [-0.1, -0.05) is 6.92 Å². The van der Waals surface area contributed by atoms with E-state index in [0.717, 1.165) is 31.6 Å². The molecule has 2 N–H and O–H groups in total. The number of pyridine rings is 3. The lowest BCUT2D eigenvalue weighted by Gasteiger charge is -2.33. The van der Waals surface area contributed by atoms with Crippen LogP contribution in [0.3, 0.4) is 0 Å². The highest BCUT2D eigenvalue weighted by atomic mass is 32.2. The van der Waals surface area contributed by atoms with E-state index < -0.39 is 11.2 Å². The van der Waals surface area contributed by atoms with Gasteiger partial charge in [-0.3, -0.25) is 9.59 Å². The molecule has 0 bridgehead atoms. The van der Waals surface area contributed by atoms with Crippen molar-refractivity contribution in [2.45, 2.75) is 36.3 Å². The molecule has 3 aromatic rings. The molecule has 1 aliphatic rings. The second kappa shape index (κ2) is 9.07. The second-order valence-electron chi connectivity index (χ2n) is 7.55. The minimum atomic E-state index is -1.20. The van der Waals surface area contributed by atoms with Gasteiger partial charge >= 0.3 is 0 Å². The fraction of sp³-hybridized carbons (Fsp3) is 0.364. The predicted molar refractivity (Wildman–Crippen MR) is 121 cm³/mol. The van der Waals surface area contributed by atoms with Crippen LogP contribution in [0.2, 0.25) is 0 Å². The third-order valence-electron chi connectivity index (χ3n) is 5.67. The molecule has 8 nitrogen and oxygen atoms in total. The van der Waals surface area contributed by atoms with Gasteiger partial charge in [-0.15, -0.1) is 0 Å². The Morgan fingerprint density at radius 1 is 1.26 bits per heavy atom. The van der Waals surface area contributed by atoms with Gasteiger partial charge in [0, 0.05) is 44.6 Å². The summed E-state index contributed by atoms with van der Waals surface area (Å²) >= 11 is -1.20. The molecule has 1 fully saturated rings. The number of aromatic nitrogens is 3. The molecule has 0 aromatic carbocycles. The van der Waals surface area contributed by atoms with Crippen LogP contribution in [0.1, 0.15) is 35.8 Å². The molecule has 4 rings (SSSR count). The normalized spacial score (nSPS) is 15.8. The molecular weight excluding hydrogens is 414 g/mol. The number of aryl methyl sites for hydroxylation is 1. The number of fused-ring (bicyclic) bond motifs is 1. The summed E-state index contributed by atoms with van der Waals surface area (Å²) in [7, 11) is 1.58. The Hall–Kier alpha value is -2.91. The first-order chi connectivity index (χ1) is 15.0. The van der Waals surface area contributed by atoms with E-state index in [9.17, 15) is 14.1 Å². The van der Waals surface area contributed by atoms with Gasteiger partial charge < -0.3 is 19.8 Å². The number of nitrogens with one attached hydrogen (secondary N) is 2. The number of rotatable bonds is 5. The SMILES string of the molecule is CCc1cc2ncc([S@@+]([O-])C3CCN(c4ccc(C(=O)NC)nc4)CC3)cc2[nH]c1=O. The topological polar surface area (TPSA) is 114 Å². The van der Waals surface area contributed by atoms with Crippen LogP contribution in [0.15, 0.2) is 46.3 Å². The lowest BCUT2D eigenvalue weighted by Crippen LogP contribution is -2.39. The first-order valence-corrected chi connectivity index (χ1v) is 11.6. The quantitative estimate of drug-likeness (QED) is 0.588. The van der Waals surface area contributed by atoms with Crippen LogP contribution < -0.4 is 15.8 Å². The van der Waals surface area contributed by atoms with Gasteiger partial charge in [0.1, 0.15) is 10.9 Å². The lowest BCUT2D eigenvalue weighted by molar-refractivity contribution is 0.0958. The number of anilines is 1. The van der Waals surface area contributed by atoms with E-state index >= 15 is 0 Å². The molecule has 0 unspecified atom stereocenters. The maximum absolute atomic E-state index is 13.2. The Balaban J connectivity index is 1.43. The van der Waals surface area contributed by atoms with Crippen LogP contribution in [-0.2, 0) is 17.6 Å². The first-order valence-electron chi connectivity index (χ1n) is 10.4. The van der Waals surface area contributed by atoms with E-state index in [-0.39, 0.29) is 16.7 Å². The van der Waals surface area contributed by atoms with Gasteiger partial charge in [0.25, 0.3) is 11.5 Å². The van der Waals surface area contributed by atoms with Crippen LogP contribution in [0.4, 0.5) is 5.69 Å². The Kier molecular flexibility index (Phi) is 6.24. The predicted octanol–water partition coefficient (Wildman–Crippen LogP) is 2.02. The van der Waals surface area contributed by atoms with Crippen LogP contribution in [0.5, 0.6) is 0 Å². The highest BCUT2D eigenvalue weighted by Gasteiger charge is 2.30. The minimum Gasteiger partial charge on any atom is -0.611 e. The minimum absolute atomic E-state index is 0.0234. The van der Waals surface area contributed by atoms with Gasteiger partial charge in [0.15, 0.2) is 4.90 Å². The number of hydrogen-bond acceptors (Lipinski definition) is 6. The summed E-state index contributed by atoms with van der Waals surface area (Å²) in [5, 5.41) is 2.58. The van der Waals surface area contributed by atoms with Crippen molar-refractivity contribution < 1.29 is 9.35 Å². The van der Waals surface area contributed by atoms with Crippen molar-refractivity contribution in [3.63, 3.8) is 0 Å². The Morgan fingerprint density at radius 2 is 2.03 bits per heavy atom. The molecule has 1 saturated heterocycles. The van der Waals surface area contributed by atoms with Gasteiger partial charge in [-0.05, 0) is 35.8 Å². The fourth-order valence-corrected chi connectivity index (χ4v) is 5.25. The molecule has 9 heteroatoms. The molecule has 1 amide bonds. The van der Waals surface area contributed by atoms with Gasteiger partial charge in [0.2, 0.25) is 0 Å². The summed E-state index contributed by atoms with van der Waals surface area (Å²) in [6, 6.07) is 7.18. The Morgan fingerprint density at radius 3 is 2.68 bits per heavy atom. The van der Waals surface area contributed by atoms with E-state index in [2.05, 4.69) is 25.2 Å². The number of amides is 1. The van der Waals surface area contributed by atoms with Crippen molar-refractivity contribution in [3.05, 3.63) is 58.3 Å². The maximum Gasteiger partial charge on any atom is 0.269 e. The largest absolute Gasteiger partial charge is 0.611 e. The van der Waals surface area contributed by atoms with E-state index in [1.54, 1.807) is 37.6 Å². The van der Waals surface area contributed by atoms with Crippen molar-refractivity contribution in [3.8, 4) is 0 Å². The summed E-state index contributed by atoms with van der Waals surface area (Å²) in [5.41, 5.74) is 3.24. The second-order valence-corrected chi connectivity index (χ2v) is 9.28. The molecule has 4 heterocycles. The van der Waals surface area contributed by atoms with Crippen molar-refractivity contribution >= 4 is 33.8 Å². The van der Waals surface area contributed by atoms with Crippen LogP contribution in [0.25, 0.3) is 11.0 Å². The van der Waals surface area contributed by atoms with E-state index in [1.807, 2.05) is 13.0 Å². The Labute approximate surface area is 183 Å². The number of carbonyl (C=O) groups is 1. The van der Waals surface area contributed by atoms with Crippen molar-refractivity contribution in [2.75, 3.05) is 25.0 Å². The van der Waals surface area contributed by atoms with Gasteiger partial charge in [-0.25, -0.2) is 9.97 Å². The third kappa shape index (κ3) is 4.42. The van der Waals surface area contributed by atoms with E-state index in [0.29, 0.717) is 33.6 Å². The zero-order valence-corrected chi connectivity index (χ0v) is 18.4. The molecule has 0 spiro atoms. The summed E-state index contributed by atoms with van der Waals surface area (Å²) in [4.78, 5) is 38.1. The van der Waals surface area contributed by atoms with Crippen molar-refractivity contribution in [1.29, 1.82) is 0 Å². The summed E-state index contributed by atoms with van der Waals surface area (Å²) < 4.78 is 13.2. The molecule has 1 aliphatic heterocycles. The third-order valence-corrected chi connectivity index (χ3v) is 7.44. The number of aromatic amines is 1. The zero-order chi connectivity index (χ0) is 22.0. The van der Waals surface area contributed by atoms with Crippen molar-refractivity contribution in [1.82, 2.24) is 20.3 Å². The summed E-state index contributed by atoms with van der Waals surface area (Å²) in [5.74, 6) is -0.211.